The van der Waals surface area contributed by atoms with E-state index in [0.717, 1.165) is 11.0 Å². The number of aryl methyl sites for hydroxylation is 1. The molecule has 1 aromatic heterocycles. The molecule has 7 nitrogen and oxygen atoms in total. The Labute approximate surface area is 152 Å². The number of imidazole rings is 1. The second kappa shape index (κ2) is 7.12. The predicted molar refractivity (Wildman–Crippen MR) is 98.2 cm³/mol. The molecular weight excluding hydrogens is 364 g/mol. The minimum absolute atomic E-state index is 0.107. The van der Waals surface area contributed by atoms with Crippen LogP contribution >= 0.6 is 23.4 Å². The fraction of sp³-hybridized carbons (Fsp3) is 0.125. The first-order chi connectivity index (χ1) is 12.0. The quantitative estimate of drug-likeness (QED) is 0.414. The number of fused-ring (bicyclic) bond motifs is 1. The van der Waals surface area contributed by atoms with Crippen LogP contribution in [-0.4, -0.2) is 26.1 Å². The minimum Gasteiger partial charge on any atom is -0.324 e. The predicted octanol–water partition coefficient (Wildman–Crippen LogP) is 3.87. The maximum absolute atomic E-state index is 12.1. The monoisotopic (exact) mass is 376 g/mol. The molecule has 0 aliphatic carbocycles. The number of nitrogens with one attached hydrogen (secondary N) is 1. The highest BCUT2D eigenvalue weighted by Crippen LogP contribution is 2.27. The van der Waals surface area contributed by atoms with Crippen LogP contribution in [0.15, 0.2) is 47.6 Å². The second-order valence-electron chi connectivity index (χ2n) is 5.20. The first kappa shape index (κ1) is 17.2. The third-order valence-electron chi connectivity index (χ3n) is 3.51. The average molecular weight is 377 g/mol. The van der Waals surface area contributed by atoms with E-state index in [4.69, 9.17) is 11.6 Å². The number of nitro groups is 1. The Morgan fingerprint density at radius 1 is 1.36 bits per heavy atom. The Kier molecular flexibility index (Phi) is 4.91. The van der Waals surface area contributed by atoms with Gasteiger partial charge in [0, 0.05) is 19.2 Å². The van der Waals surface area contributed by atoms with Gasteiger partial charge in [-0.3, -0.25) is 14.9 Å². The number of carbonyl (C=O) groups excluding carboxylic acids is 1. The van der Waals surface area contributed by atoms with Crippen molar-refractivity contribution in [3.8, 4) is 0 Å². The van der Waals surface area contributed by atoms with Gasteiger partial charge < -0.3 is 9.88 Å². The molecule has 1 amide bonds. The maximum Gasteiger partial charge on any atom is 0.271 e. The summed E-state index contributed by atoms with van der Waals surface area (Å²) in [6.45, 7) is 0. The van der Waals surface area contributed by atoms with Crippen LogP contribution in [0.25, 0.3) is 11.0 Å². The maximum atomic E-state index is 12.1. The summed E-state index contributed by atoms with van der Waals surface area (Å²) in [5.74, 6) is -0.213. The van der Waals surface area contributed by atoms with E-state index in [2.05, 4.69) is 10.3 Å². The van der Waals surface area contributed by atoms with Gasteiger partial charge in [-0.25, -0.2) is 4.98 Å². The number of rotatable bonds is 5. The Morgan fingerprint density at radius 2 is 2.12 bits per heavy atom. The molecule has 1 heterocycles. The summed E-state index contributed by atoms with van der Waals surface area (Å²) in [5, 5.41) is 14.4. The number of amides is 1. The van der Waals surface area contributed by atoms with E-state index < -0.39 is 4.92 Å². The lowest BCUT2D eigenvalue weighted by molar-refractivity contribution is -0.384. The Balaban J connectivity index is 1.69. The first-order valence-electron chi connectivity index (χ1n) is 7.24. The number of benzene rings is 2. The summed E-state index contributed by atoms with van der Waals surface area (Å²) < 4.78 is 1.91. The molecule has 0 fully saturated rings. The van der Waals surface area contributed by atoms with Crippen molar-refractivity contribution in [3.05, 3.63) is 57.6 Å². The summed E-state index contributed by atoms with van der Waals surface area (Å²) >= 11 is 7.26. The van der Waals surface area contributed by atoms with Gasteiger partial charge >= 0.3 is 0 Å². The first-order valence-corrected chi connectivity index (χ1v) is 8.60. The van der Waals surface area contributed by atoms with Crippen LogP contribution in [0.1, 0.15) is 0 Å². The van der Waals surface area contributed by atoms with Gasteiger partial charge in [0.05, 0.1) is 32.4 Å². The van der Waals surface area contributed by atoms with Gasteiger partial charge in [0.1, 0.15) is 0 Å². The number of nitro benzene ring substituents is 1. The smallest absolute Gasteiger partial charge is 0.271 e. The van der Waals surface area contributed by atoms with Crippen molar-refractivity contribution in [1.29, 1.82) is 0 Å². The molecule has 128 valence electrons. The SMILES string of the molecule is Cn1c(SCC(=O)Nc2cc([N+](=O)[O-])ccc2Cl)nc2ccccc21. The fourth-order valence-corrected chi connectivity index (χ4v) is 3.24. The fourth-order valence-electron chi connectivity index (χ4n) is 2.29. The third-order valence-corrected chi connectivity index (χ3v) is 4.87. The van der Waals surface area contributed by atoms with E-state index in [1.54, 1.807) is 0 Å². The lowest BCUT2D eigenvalue weighted by Gasteiger charge is -2.07. The normalized spacial score (nSPS) is 10.8. The van der Waals surface area contributed by atoms with Crippen molar-refractivity contribution in [1.82, 2.24) is 9.55 Å². The number of halogens is 1. The summed E-state index contributed by atoms with van der Waals surface area (Å²) in [7, 11) is 1.88. The lowest BCUT2D eigenvalue weighted by atomic mass is 10.3. The molecular formula is C16H13ClN4O3S. The number of aromatic nitrogens is 2. The molecule has 2 aromatic carbocycles. The van der Waals surface area contributed by atoms with Crippen LogP contribution in [-0.2, 0) is 11.8 Å². The van der Waals surface area contributed by atoms with E-state index in [1.165, 1.54) is 30.0 Å². The molecule has 0 radical (unpaired) electrons. The number of carbonyl (C=O) groups is 1. The molecule has 0 bridgehead atoms. The van der Waals surface area contributed by atoms with Gasteiger partial charge in [0.15, 0.2) is 5.16 Å². The van der Waals surface area contributed by atoms with Gasteiger partial charge in [0.2, 0.25) is 5.91 Å². The average Bonchev–Trinajstić information content (AvgIpc) is 2.91. The van der Waals surface area contributed by atoms with Gasteiger partial charge in [-0.1, -0.05) is 35.5 Å². The largest absolute Gasteiger partial charge is 0.324 e. The summed E-state index contributed by atoms with van der Waals surface area (Å²) in [6.07, 6.45) is 0. The Morgan fingerprint density at radius 3 is 2.84 bits per heavy atom. The number of nitrogens with zero attached hydrogens (tertiary/aromatic N) is 3. The van der Waals surface area contributed by atoms with Crippen molar-refractivity contribution in [2.75, 3.05) is 11.1 Å². The molecule has 0 aliphatic rings. The Bertz CT molecular complexity index is 973. The molecule has 0 unspecified atom stereocenters. The van der Waals surface area contributed by atoms with E-state index in [-0.39, 0.29) is 28.1 Å². The van der Waals surface area contributed by atoms with Gasteiger partial charge in [0.25, 0.3) is 5.69 Å². The van der Waals surface area contributed by atoms with Crippen molar-refractivity contribution >= 4 is 51.7 Å². The van der Waals surface area contributed by atoms with E-state index >= 15 is 0 Å². The standard InChI is InChI=1S/C16H13ClN4O3S/c1-20-14-5-3-2-4-12(14)19-16(20)25-9-15(22)18-13-8-10(21(23)24)6-7-11(13)17/h2-8H,9H2,1H3,(H,18,22). The Hall–Kier alpha value is -2.58. The molecule has 25 heavy (non-hydrogen) atoms. The van der Waals surface area contributed by atoms with Crippen LogP contribution in [0.4, 0.5) is 11.4 Å². The lowest BCUT2D eigenvalue weighted by Crippen LogP contribution is -2.15. The molecule has 0 spiro atoms. The van der Waals surface area contributed by atoms with Crippen LogP contribution < -0.4 is 5.32 Å². The number of non-ortho nitro benzene ring substituents is 1. The third kappa shape index (κ3) is 3.75. The number of anilines is 1. The van der Waals surface area contributed by atoms with Crippen LogP contribution in [0.2, 0.25) is 5.02 Å². The van der Waals surface area contributed by atoms with Crippen molar-refractivity contribution in [2.45, 2.75) is 5.16 Å². The molecule has 1 N–H and O–H groups in total. The summed E-state index contributed by atoms with van der Waals surface area (Å²) in [6, 6.07) is 11.6. The van der Waals surface area contributed by atoms with E-state index in [1.807, 2.05) is 35.9 Å². The van der Waals surface area contributed by atoms with Crippen molar-refractivity contribution in [2.24, 2.45) is 7.05 Å². The summed E-state index contributed by atoms with van der Waals surface area (Å²) in [5.41, 5.74) is 1.91. The number of hydrogen-bond donors (Lipinski definition) is 1. The highest BCUT2D eigenvalue weighted by atomic mass is 35.5. The summed E-state index contributed by atoms with van der Waals surface area (Å²) in [4.78, 5) is 26.9. The van der Waals surface area contributed by atoms with Crippen LogP contribution in [0.5, 0.6) is 0 Å². The zero-order chi connectivity index (χ0) is 18.0. The molecule has 9 heteroatoms. The van der Waals surface area contributed by atoms with Crippen molar-refractivity contribution in [3.63, 3.8) is 0 Å². The van der Waals surface area contributed by atoms with Crippen LogP contribution in [0, 0.1) is 10.1 Å². The number of hydrogen-bond acceptors (Lipinski definition) is 5. The van der Waals surface area contributed by atoms with Crippen LogP contribution in [0.3, 0.4) is 0 Å². The van der Waals surface area contributed by atoms with Gasteiger partial charge in [-0.05, 0) is 18.2 Å². The molecule has 3 aromatic rings. The number of thioether (sulfide) groups is 1. The van der Waals surface area contributed by atoms with Gasteiger partial charge in [-0.15, -0.1) is 0 Å². The highest BCUT2D eigenvalue weighted by molar-refractivity contribution is 7.99. The zero-order valence-electron chi connectivity index (χ0n) is 13.1. The molecule has 3 rings (SSSR count). The number of para-hydroxylation sites is 2. The zero-order valence-corrected chi connectivity index (χ0v) is 14.7. The second-order valence-corrected chi connectivity index (χ2v) is 6.55. The topological polar surface area (TPSA) is 90.1 Å². The van der Waals surface area contributed by atoms with Crippen molar-refractivity contribution < 1.29 is 9.72 Å². The molecule has 0 saturated heterocycles. The highest BCUT2D eigenvalue weighted by Gasteiger charge is 2.14. The molecule has 0 saturated carbocycles. The van der Waals surface area contributed by atoms with Gasteiger partial charge in [-0.2, -0.15) is 0 Å². The molecule has 0 aliphatic heterocycles. The van der Waals surface area contributed by atoms with E-state index in [9.17, 15) is 14.9 Å². The molecule has 0 atom stereocenters. The van der Waals surface area contributed by atoms with E-state index in [0.29, 0.717) is 5.16 Å². The minimum atomic E-state index is -0.541.